The highest BCUT2D eigenvalue weighted by atomic mass is 32.1. The first-order chi connectivity index (χ1) is 10.5. The average Bonchev–Trinajstić information content (AvgIpc) is 3.13. The highest BCUT2D eigenvalue weighted by molar-refractivity contribution is 7.10. The van der Waals surface area contributed by atoms with Gasteiger partial charge in [-0.15, -0.1) is 11.3 Å². The third-order valence-corrected chi connectivity index (χ3v) is 4.98. The van der Waals surface area contributed by atoms with Crippen molar-refractivity contribution in [1.82, 2.24) is 15.5 Å². The Balaban J connectivity index is 1.95. The van der Waals surface area contributed by atoms with Gasteiger partial charge in [0.15, 0.2) is 0 Å². The molecule has 22 heavy (non-hydrogen) atoms. The number of hydrogen-bond donors (Lipinski definition) is 2. The molecule has 2 rings (SSSR count). The van der Waals surface area contributed by atoms with Crippen molar-refractivity contribution in [3.8, 4) is 0 Å². The Morgan fingerprint density at radius 1 is 1.55 bits per heavy atom. The lowest BCUT2D eigenvalue weighted by Gasteiger charge is -2.25. The van der Waals surface area contributed by atoms with Gasteiger partial charge in [-0.25, -0.2) is 0 Å². The third kappa shape index (κ3) is 3.85. The summed E-state index contributed by atoms with van der Waals surface area (Å²) in [4.78, 5) is 37.4. The van der Waals surface area contributed by atoms with E-state index in [9.17, 15) is 14.4 Å². The predicted octanol–water partition coefficient (Wildman–Crippen LogP) is 0.971. The predicted molar refractivity (Wildman–Crippen MR) is 84.4 cm³/mol. The lowest BCUT2D eigenvalue weighted by atomic mass is 10.1. The monoisotopic (exact) mass is 323 g/mol. The Bertz CT molecular complexity index is 558. The lowest BCUT2D eigenvalue weighted by Crippen LogP contribution is -2.48. The quantitative estimate of drug-likeness (QED) is 0.766. The smallest absolute Gasteiger partial charge is 0.243 e. The van der Waals surface area contributed by atoms with E-state index in [2.05, 4.69) is 22.1 Å². The normalized spacial score (nSPS) is 18.8. The molecule has 0 radical (unpaired) electrons. The molecule has 0 bridgehead atoms. The van der Waals surface area contributed by atoms with Crippen LogP contribution in [0.4, 0.5) is 0 Å². The first-order valence-corrected chi connectivity index (χ1v) is 8.22. The molecule has 0 saturated carbocycles. The van der Waals surface area contributed by atoms with Crippen LogP contribution in [0.25, 0.3) is 0 Å². The summed E-state index contributed by atoms with van der Waals surface area (Å²) in [5.74, 6) is -0.347. The second kappa shape index (κ2) is 7.40. The zero-order valence-electron chi connectivity index (χ0n) is 12.8. The molecule has 2 N–H and O–H groups in total. The molecule has 0 aromatic carbocycles. The van der Waals surface area contributed by atoms with Gasteiger partial charge in [-0.05, 0) is 43.7 Å². The van der Waals surface area contributed by atoms with E-state index < -0.39 is 6.04 Å². The summed E-state index contributed by atoms with van der Waals surface area (Å²) < 4.78 is 0. The third-order valence-electron chi connectivity index (χ3n) is 3.75. The number of aryl methyl sites for hydroxylation is 1. The maximum absolute atomic E-state index is 12.4. The molecule has 1 aliphatic heterocycles. The summed E-state index contributed by atoms with van der Waals surface area (Å²) in [5.41, 5.74) is 1.18. The zero-order chi connectivity index (χ0) is 16.1. The van der Waals surface area contributed by atoms with Gasteiger partial charge in [0.1, 0.15) is 6.04 Å². The number of amides is 3. The minimum Gasteiger partial charge on any atom is -0.350 e. The van der Waals surface area contributed by atoms with E-state index in [1.54, 1.807) is 16.2 Å². The van der Waals surface area contributed by atoms with E-state index in [0.717, 1.165) is 11.3 Å². The lowest BCUT2D eigenvalue weighted by molar-refractivity contribution is -0.138. The van der Waals surface area contributed by atoms with Crippen LogP contribution in [0.2, 0.25) is 0 Å². The topological polar surface area (TPSA) is 78.5 Å². The second-order valence-electron chi connectivity index (χ2n) is 5.50. The largest absolute Gasteiger partial charge is 0.350 e. The van der Waals surface area contributed by atoms with Crippen LogP contribution < -0.4 is 10.6 Å². The van der Waals surface area contributed by atoms with Crippen LogP contribution >= 0.6 is 11.3 Å². The molecule has 2 heterocycles. The van der Waals surface area contributed by atoms with Crippen LogP contribution in [0.3, 0.4) is 0 Å². The number of nitrogens with one attached hydrogen (secondary N) is 2. The van der Waals surface area contributed by atoms with Crippen molar-refractivity contribution in [3.05, 3.63) is 21.9 Å². The molecular formula is C15H21N3O3S. The Morgan fingerprint density at radius 2 is 2.32 bits per heavy atom. The number of likely N-dealkylation sites (tertiary alicyclic amines) is 1. The molecule has 1 aliphatic rings. The number of rotatable bonds is 6. The molecule has 120 valence electrons. The molecule has 1 saturated heterocycles. The summed E-state index contributed by atoms with van der Waals surface area (Å²) in [7, 11) is 0. The summed E-state index contributed by atoms with van der Waals surface area (Å²) in [6.07, 6.45) is 1.95. The van der Waals surface area contributed by atoms with Gasteiger partial charge in [0.05, 0.1) is 12.6 Å². The van der Waals surface area contributed by atoms with E-state index in [1.165, 1.54) is 5.56 Å². The highest BCUT2D eigenvalue weighted by Crippen LogP contribution is 2.23. The molecule has 2 atom stereocenters. The first-order valence-electron chi connectivity index (χ1n) is 7.35. The molecule has 0 spiro atoms. The van der Waals surface area contributed by atoms with Crippen molar-refractivity contribution in [2.75, 3.05) is 13.1 Å². The van der Waals surface area contributed by atoms with Crippen molar-refractivity contribution in [2.45, 2.75) is 38.8 Å². The molecule has 6 nitrogen and oxygen atoms in total. The molecule has 1 aromatic rings. The second-order valence-corrected chi connectivity index (χ2v) is 6.44. The van der Waals surface area contributed by atoms with Crippen LogP contribution in [-0.2, 0) is 14.4 Å². The molecule has 3 amide bonds. The van der Waals surface area contributed by atoms with Crippen molar-refractivity contribution in [2.24, 2.45) is 0 Å². The van der Waals surface area contributed by atoms with Crippen LogP contribution in [0.1, 0.15) is 36.2 Å². The van der Waals surface area contributed by atoms with E-state index in [0.29, 0.717) is 19.4 Å². The summed E-state index contributed by atoms with van der Waals surface area (Å²) >= 11 is 1.62. The van der Waals surface area contributed by atoms with Crippen LogP contribution in [0, 0.1) is 6.92 Å². The Labute approximate surface area is 133 Å². The number of hydrogen-bond acceptors (Lipinski definition) is 4. The zero-order valence-corrected chi connectivity index (χ0v) is 13.6. The fourth-order valence-electron chi connectivity index (χ4n) is 2.63. The molecule has 1 fully saturated rings. The first kappa shape index (κ1) is 16.5. The van der Waals surface area contributed by atoms with Gasteiger partial charge in [-0.3, -0.25) is 14.4 Å². The minimum atomic E-state index is -0.440. The standard InChI is InChI=1S/C15H21N3O3S/c1-10-6-13(22-8-10)11(2)17-15(21)12-4-3-5-18(12)14(20)7-16-9-19/h6,8-9,11-12H,3-5,7H2,1-2H3,(H,16,19)(H,17,21)/t11-,12?/m1/s1. The number of thiophene rings is 1. The number of carbonyl (C=O) groups excluding carboxylic acids is 3. The van der Waals surface area contributed by atoms with Gasteiger partial charge < -0.3 is 15.5 Å². The average molecular weight is 323 g/mol. The minimum absolute atomic E-state index is 0.0625. The van der Waals surface area contributed by atoms with Crippen LogP contribution in [0.15, 0.2) is 11.4 Å². The van der Waals surface area contributed by atoms with Crippen molar-refractivity contribution < 1.29 is 14.4 Å². The number of nitrogens with zero attached hydrogens (tertiary/aromatic N) is 1. The maximum atomic E-state index is 12.4. The van der Waals surface area contributed by atoms with E-state index >= 15 is 0 Å². The molecule has 0 aliphatic carbocycles. The molecule has 1 aromatic heterocycles. The SMILES string of the molecule is Cc1csc([C@@H](C)NC(=O)C2CCCN2C(=O)CNC=O)c1. The number of carbonyl (C=O) groups is 3. The van der Waals surface area contributed by atoms with Gasteiger partial charge >= 0.3 is 0 Å². The van der Waals surface area contributed by atoms with E-state index in [-0.39, 0.29) is 24.4 Å². The fraction of sp³-hybridized carbons (Fsp3) is 0.533. The summed E-state index contributed by atoms with van der Waals surface area (Å²) in [6, 6.07) is 1.54. The van der Waals surface area contributed by atoms with Crippen LogP contribution in [0.5, 0.6) is 0 Å². The fourth-order valence-corrected chi connectivity index (χ4v) is 3.54. The maximum Gasteiger partial charge on any atom is 0.243 e. The van der Waals surface area contributed by atoms with Crippen molar-refractivity contribution >= 4 is 29.6 Å². The highest BCUT2D eigenvalue weighted by Gasteiger charge is 2.34. The van der Waals surface area contributed by atoms with E-state index in [1.807, 2.05) is 13.8 Å². The van der Waals surface area contributed by atoms with Gasteiger partial charge in [-0.2, -0.15) is 0 Å². The summed E-state index contributed by atoms with van der Waals surface area (Å²) in [5, 5.41) is 7.38. The summed E-state index contributed by atoms with van der Waals surface area (Å²) in [6.45, 7) is 4.46. The Morgan fingerprint density at radius 3 is 2.95 bits per heavy atom. The Hall–Kier alpha value is -1.89. The van der Waals surface area contributed by atoms with Gasteiger partial charge in [0, 0.05) is 11.4 Å². The molecule has 7 heteroatoms. The van der Waals surface area contributed by atoms with Crippen molar-refractivity contribution in [3.63, 3.8) is 0 Å². The van der Waals surface area contributed by atoms with Gasteiger partial charge in [0.2, 0.25) is 18.2 Å². The van der Waals surface area contributed by atoms with Gasteiger partial charge in [-0.1, -0.05) is 0 Å². The van der Waals surface area contributed by atoms with Crippen LogP contribution in [-0.4, -0.2) is 42.3 Å². The van der Waals surface area contributed by atoms with Crippen molar-refractivity contribution in [1.29, 1.82) is 0 Å². The molecular weight excluding hydrogens is 302 g/mol. The molecule has 1 unspecified atom stereocenters. The Kier molecular flexibility index (Phi) is 5.54. The van der Waals surface area contributed by atoms with Gasteiger partial charge in [0.25, 0.3) is 0 Å². The van der Waals surface area contributed by atoms with E-state index in [4.69, 9.17) is 0 Å².